The predicted molar refractivity (Wildman–Crippen MR) is 87.7 cm³/mol. The van der Waals surface area contributed by atoms with Gasteiger partial charge in [-0.15, -0.1) is 0 Å². The minimum atomic E-state index is -1.12. The maximum Gasteiger partial charge on any atom is 0.315 e. The summed E-state index contributed by atoms with van der Waals surface area (Å²) < 4.78 is 0. The van der Waals surface area contributed by atoms with Gasteiger partial charge in [0.15, 0.2) is 0 Å². The van der Waals surface area contributed by atoms with Crippen LogP contribution in [0.4, 0.5) is 4.79 Å². The van der Waals surface area contributed by atoms with Crippen LogP contribution in [-0.2, 0) is 12.1 Å². The standard InChI is InChI=1S/C17H19ClN2O2/c1-17(22,14-7-3-2-4-8-14)12-20-16(21)19-11-13-6-5-9-15(18)10-13/h2-10,22H,11-12H2,1H3,(H2,19,20,21). The maximum absolute atomic E-state index is 11.8. The molecule has 22 heavy (non-hydrogen) atoms. The van der Waals surface area contributed by atoms with E-state index >= 15 is 0 Å². The summed E-state index contributed by atoms with van der Waals surface area (Å²) in [5, 5.41) is 16.4. The van der Waals surface area contributed by atoms with Crippen molar-refractivity contribution in [1.82, 2.24) is 10.6 Å². The van der Waals surface area contributed by atoms with Gasteiger partial charge < -0.3 is 15.7 Å². The Morgan fingerprint density at radius 1 is 1.14 bits per heavy atom. The molecule has 0 saturated carbocycles. The SMILES string of the molecule is CC(O)(CNC(=O)NCc1cccc(Cl)c1)c1ccccc1. The molecule has 0 aromatic heterocycles. The first-order valence-corrected chi connectivity index (χ1v) is 7.39. The quantitative estimate of drug-likeness (QED) is 0.793. The number of carbonyl (C=O) groups is 1. The van der Waals surface area contributed by atoms with Gasteiger partial charge in [0, 0.05) is 11.6 Å². The average molecular weight is 319 g/mol. The molecule has 0 bridgehead atoms. The third-order valence-electron chi connectivity index (χ3n) is 3.33. The van der Waals surface area contributed by atoms with E-state index in [1.807, 2.05) is 42.5 Å². The largest absolute Gasteiger partial charge is 0.384 e. The zero-order valence-electron chi connectivity index (χ0n) is 12.3. The highest BCUT2D eigenvalue weighted by atomic mass is 35.5. The van der Waals surface area contributed by atoms with Gasteiger partial charge in [-0.2, -0.15) is 0 Å². The lowest BCUT2D eigenvalue weighted by Gasteiger charge is -2.24. The zero-order valence-corrected chi connectivity index (χ0v) is 13.1. The van der Waals surface area contributed by atoms with Gasteiger partial charge in [-0.1, -0.05) is 54.1 Å². The van der Waals surface area contributed by atoms with Crippen LogP contribution < -0.4 is 10.6 Å². The zero-order chi connectivity index (χ0) is 16.0. The first kappa shape index (κ1) is 16.3. The van der Waals surface area contributed by atoms with E-state index in [0.29, 0.717) is 11.6 Å². The molecule has 2 aromatic carbocycles. The number of hydrogen-bond acceptors (Lipinski definition) is 2. The number of nitrogens with one attached hydrogen (secondary N) is 2. The van der Waals surface area contributed by atoms with E-state index < -0.39 is 5.60 Å². The third kappa shape index (κ3) is 4.76. The molecule has 0 aliphatic heterocycles. The first-order valence-electron chi connectivity index (χ1n) is 7.01. The van der Waals surface area contributed by atoms with Crippen LogP contribution in [0.3, 0.4) is 0 Å². The summed E-state index contributed by atoms with van der Waals surface area (Å²) in [4.78, 5) is 11.8. The number of urea groups is 1. The Balaban J connectivity index is 1.82. The smallest absolute Gasteiger partial charge is 0.315 e. The van der Waals surface area contributed by atoms with Crippen molar-refractivity contribution >= 4 is 17.6 Å². The Kier molecular flexibility index (Phi) is 5.41. The molecule has 1 unspecified atom stereocenters. The molecule has 4 nitrogen and oxygen atoms in total. The fourth-order valence-corrected chi connectivity index (χ4v) is 2.26. The molecule has 116 valence electrons. The second-order valence-electron chi connectivity index (χ2n) is 5.31. The summed E-state index contributed by atoms with van der Waals surface area (Å²) in [7, 11) is 0. The van der Waals surface area contributed by atoms with Crippen LogP contribution >= 0.6 is 11.6 Å². The second kappa shape index (κ2) is 7.29. The lowest BCUT2D eigenvalue weighted by Crippen LogP contribution is -2.43. The van der Waals surface area contributed by atoms with Crippen molar-refractivity contribution in [2.75, 3.05) is 6.54 Å². The molecule has 1 atom stereocenters. The normalized spacial score (nSPS) is 13.2. The molecular formula is C17H19ClN2O2. The summed E-state index contributed by atoms with van der Waals surface area (Å²) in [6, 6.07) is 16.2. The Morgan fingerprint density at radius 2 is 1.86 bits per heavy atom. The number of amides is 2. The van der Waals surface area contributed by atoms with Crippen molar-refractivity contribution < 1.29 is 9.90 Å². The van der Waals surface area contributed by atoms with Gasteiger partial charge in [0.2, 0.25) is 0 Å². The fourth-order valence-electron chi connectivity index (χ4n) is 2.04. The topological polar surface area (TPSA) is 61.4 Å². The number of hydrogen-bond donors (Lipinski definition) is 3. The maximum atomic E-state index is 11.8. The summed E-state index contributed by atoms with van der Waals surface area (Å²) in [6.07, 6.45) is 0. The number of aliphatic hydroxyl groups is 1. The van der Waals surface area contributed by atoms with Crippen LogP contribution in [0.5, 0.6) is 0 Å². The van der Waals surface area contributed by atoms with Crippen LogP contribution in [0.25, 0.3) is 0 Å². The van der Waals surface area contributed by atoms with Gasteiger partial charge >= 0.3 is 6.03 Å². The Hall–Kier alpha value is -2.04. The molecule has 0 radical (unpaired) electrons. The van der Waals surface area contributed by atoms with Gasteiger partial charge in [0.05, 0.1) is 6.54 Å². The number of benzene rings is 2. The number of carbonyl (C=O) groups excluding carboxylic acids is 1. The van der Waals surface area contributed by atoms with Gasteiger partial charge in [-0.25, -0.2) is 4.79 Å². The third-order valence-corrected chi connectivity index (χ3v) is 3.57. The Morgan fingerprint density at radius 3 is 2.55 bits per heavy atom. The van der Waals surface area contributed by atoms with E-state index in [-0.39, 0.29) is 12.6 Å². The van der Waals surface area contributed by atoms with Crippen LogP contribution in [-0.4, -0.2) is 17.7 Å². The highest BCUT2D eigenvalue weighted by Crippen LogP contribution is 2.18. The molecular weight excluding hydrogens is 300 g/mol. The van der Waals surface area contributed by atoms with Gasteiger partial charge in [0.1, 0.15) is 5.60 Å². The first-order chi connectivity index (χ1) is 10.5. The Labute approximate surface area is 135 Å². The molecule has 2 amide bonds. The molecule has 2 rings (SSSR count). The molecule has 0 aliphatic carbocycles. The molecule has 0 aliphatic rings. The van der Waals surface area contributed by atoms with Crippen molar-refractivity contribution in [2.45, 2.75) is 19.1 Å². The van der Waals surface area contributed by atoms with Crippen molar-refractivity contribution in [1.29, 1.82) is 0 Å². The van der Waals surface area contributed by atoms with Crippen LogP contribution in [0.1, 0.15) is 18.1 Å². The van der Waals surface area contributed by atoms with Crippen molar-refractivity contribution in [3.05, 3.63) is 70.7 Å². The average Bonchev–Trinajstić information content (AvgIpc) is 2.52. The van der Waals surface area contributed by atoms with Crippen LogP contribution in [0.15, 0.2) is 54.6 Å². The van der Waals surface area contributed by atoms with Gasteiger partial charge in [-0.05, 0) is 30.2 Å². The highest BCUT2D eigenvalue weighted by Gasteiger charge is 2.23. The fraction of sp³-hybridized carbons (Fsp3) is 0.235. The molecule has 0 saturated heterocycles. The van der Waals surface area contributed by atoms with E-state index in [9.17, 15) is 9.90 Å². The van der Waals surface area contributed by atoms with E-state index in [1.54, 1.807) is 19.1 Å². The summed E-state index contributed by atoms with van der Waals surface area (Å²) in [5.41, 5.74) is 0.553. The lowest BCUT2D eigenvalue weighted by molar-refractivity contribution is 0.0594. The summed E-state index contributed by atoms with van der Waals surface area (Å²) >= 11 is 5.89. The highest BCUT2D eigenvalue weighted by molar-refractivity contribution is 6.30. The monoisotopic (exact) mass is 318 g/mol. The minimum absolute atomic E-state index is 0.123. The van der Waals surface area contributed by atoms with Gasteiger partial charge in [0.25, 0.3) is 0 Å². The molecule has 0 fully saturated rings. The second-order valence-corrected chi connectivity index (χ2v) is 5.74. The molecule has 3 N–H and O–H groups in total. The lowest BCUT2D eigenvalue weighted by atomic mass is 9.96. The van der Waals surface area contributed by atoms with Crippen molar-refractivity contribution in [3.63, 3.8) is 0 Å². The molecule has 0 spiro atoms. The summed E-state index contributed by atoms with van der Waals surface area (Å²) in [6.45, 7) is 2.16. The summed E-state index contributed by atoms with van der Waals surface area (Å²) in [5.74, 6) is 0. The number of rotatable bonds is 5. The van der Waals surface area contributed by atoms with E-state index in [2.05, 4.69) is 10.6 Å². The minimum Gasteiger partial charge on any atom is -0.384 e. The van der Waals surface area contributed by atoms with Crippen molar-refractivity contribution in [2.24, 2.45) is 0 Å². The van der Waals surface area contributed by atoms with Crippen molar-refractivity contribution in [3.8, 4) is 0 Å². The number of halogens is 1. The van der Waals surface area contributed by atoms with Crippen LogP contribution in [0.2, 0.25) is 5.02 Å². The Bertz CT molecular complexity index is 630. The van der Waals surface area contributed by atoms with E-state index in [4.69, 9.17) is 11.6 Å². The van der Waals surface area contributed by atoms with E-state index in [1.165, 1.54) is 0 Å². The van der Waals surface area contributed by atoms with Crippen LogP contribution in [0, 0.1) is 0 Å². The molecule has 5 heteroatoms. The molecule has 2 aromatic rings. The van der Waals surface area contributed by atoms with Gasteiger partial charge in [-0.3, -0.25) is 0 Å². The van der Waals surface area contributed by atoms with E-state index in [0.717, 1.165) is 11.1 Å². The molecule has 0 heterocycles. The predicted octanol–water partition coefficient (Wildman–Crippen LogP) is 3.05.